The highest BCUT2D eigenvalue weighted by Crippen LogP contribution is 2.21. The lowest BCUT2D eigenvalue weighted by Crippen LogP contribution is -2.39. The van der Waals surface area contributed by atoms with E-state index in [0.717, 1.165) is 29.7 Å². The largest absolute Gasteiger partial charge is 0.343 e. The molecule has 6 nitrogen and oxygen atoms in total. The van der Waals surface area contributed by atoms with E-state index in [1.54, 1.807) is 6.08 Å². The summed E-state index contributed by atoms with van der Waals surface area (Å²) in [5, 5.41) is 3.00. The molecule has 1 heterocycles. The highest BCUT2D eigenvalue weighted by molar-refractivity contribution is 5.92. The zero-order valence-electron chi connectivity index (χ0n) is 20.9. The molecule has 0 saturated carbocycles. The lowest BCUT2D eigenvalue weighted by molar-refractivity contribution is -0.132. The van der Waals surface area contributed by atoms with Crippen LogP contribution in [0.1, 0.15) is 52.0 Å². The van der Waals surface area contributed by atoms with Gasteiger partial charge < -0.3 is 14.8 Å². The van der Waals surface area contributed by atoms with E-state index in [1.165, 1.54) is 6.08 Å². The molecule has 0 saturated heterocycles. The Morgan fingerprint density at radius 2 is 1.56 bits per heavy atom. The van der Waals surface area contributed by atoms with Gasteiger partial charge in [0.2, 0.25) is 11.8 Å². The first kappa shape index (κ1) is 25.2. The van der Waals surface area contributed by atoms with Gasteiger partial charge in [0.05, 0.1) is 17.1 Å². The molecule has 6 heteroatoms. The van der Waals surface area contributed by atoms with Gasteiger partial charge in [-0.15, -0.1) is 0 Å². The van der Waals surface area contributed by atoms with Gasteiger partial charge in [0.1, 0.15) is 12.4 Å². The van der Waals surface area contributed by atoms with E-state index in [0.29, 0.717) is 17.7 Å². The van der Waals surface area contributed by atoms with E-state index in [4.69, 9.17) is 4.98 Å². The minimum absolute atomic E-state index is 0.0642. The molecule has 0 aliphatic heterocycles. The topological polar surface area (TPSA) is 67.2 Å². The number of carbonyl (C=O) groups excluding carboxylic acids is 2. The summed E-state index contributed by atoms with van der Waals surface area (Å²) in [6.07, 6.45) is 3.31. The molecule has 0 fully saturated rings. The maximum absolute atomic E-state index is 13.4. The minimum Gasteiger partial charge on any atom is -0.343 e. The van der Waals surface area contributed by atoms with Crippen molar-refractivity contribution in [3.63, 3.8) is 0 Å². The number of hydrogen-bond acceptors (Lipinski definition) is 3. The highest BCUT2D eigenvalue weighted by Gasteiger charge is 2.22. The third-order valence-electron chi connectivity index (χ3n) is 5.47. The average Bonchev–Trinajstić information content (AvgIpc) is 3.16. The number of amides is 2. The molecule has 1 aromatic heterocycles. The number of benzene rings is 2. The van der Waals surface area contributed by atoms with Crippen LogP contribution in [0.15, 0.2) is 60.7 Å². The number of nitrogens with zero attached hydrogens (tertiary/aromatic N) is 3. The van der Waals surface area contributed by atoms with Crippen LogP contribution in [0.3, 0.4) is 0 Å². The Hall–Kier alpha value is -3.41. The normalized spacial score (nSPS) is 12.6. The standard InChI is InChI=1S/C28H36N4O2/c1-20(2)17-31(18-21(3)4)27(34)19-32-25-14-10-9-13-24(25)30-28(32)22(5)29-26(33)16-15-23-11-7-6-8-12-23/h6-16,20-22H,17-19H2,1-5H3,(H,29,33)/b16-15-. The van der Waals surface area contributed by atoms with Crippen LogP contribution in [0.5, 0.6) is 0 Å². The van der Waals surface area contributed by atoms with Gasteiger partial charge in [-0.3, -0.25) is 9.59 Å². The molecule has 0 aliphatic carbocycles. The van der Waals surface area contributed by atoms with Crippen molar-refractivity contribution in [1.82, 2.24) is 19.8 Å². The van der Waals surface area contributed by atoms with Crippen LogP contribution in [-0.2, 0) is 16.1 Å². The second-order valence-corrected chi connectivity index (χ2v) is 9.61. The molecule has 3 rings (SSSR count). The molecule has 34 heavy (non-hydrogen) atoms. The molecule has 3 aromatic rings. The Balaban J connectivity index is 1.83. The quantitative estimate of drug-likeness (QED) is 0.430. The Labute approximate surface area is 202 Å². The molecule has 1 unspecified atom stereocenters. The molecule has 0 spiro atoms. The van der Waals surface area contributed by atoms with Gasteiger partial charge in [0.15, 0.2) is 0 Å². The fraction of sp³-hybridized carbons (Fsp3) is 0.393. The van der Waals surface area contributed by atoms with Crippen LogP contribution in [-0.4, -0.2) is 39.4 Å². The summed E-state index contributed by atoms with van der Waals surface area (Å²) >= 11 is 0. The van der Waals surface area contributed by atoms with Crippen molar-refractivity contribution in [2.45, 2.75) is 47.2 Å². The van der Waals surface area contributed by atoms with Gasteiger partial charge in [-0.2, -0.15) is 0 Å². The van der Waals surface area contributed by atoms with Gasteiger partial charge in [-0.05, 0) is 42.5 Å². The zero-order valence-corrected chi connectivity index (χ0v) is 20.9. The van der Waals surface area contributed by atoms with Crippen molar-refractivity contribution in [3.05, 3.63) is 72.1 Å². The van der Waals surface area contributed by atoms with Crippen molar-refractivity contribution in [2.24, 2.45) is 11.8 Å². The molecule has 180 valence electrons. The zero-order chi connectivity index (χ0) is 24.7. The first-order chi connectivity index (χ1) is 16.2. The van der Waals surface area contributed by atoms with Crippen LogP contribution < -0.4 is 5.32 Å². The Bertz CT molecular complexity index is 1120. The van der Waals surface area contributed by atoms with E-state index in [2.05, 4.69) is 33.0 Å². The fourth-order valence-electron chi connectivity index (χ4n) is 4.05. The average molecular weight is 461 g/mol. The molecule has 1 atom stereocenters. The lowest BCUT2D eigenvalue weighted by atomic mass is 10.1. The monoisotopic (exact) mass is 460 g/mol. The second kappa shape index (κ2) is 11.6. The van der Waals surface area contributed by atoms with Crippen LogP contribution >= 0.6 is 0 Å². The third kappa shape index (κ3) is 6.80. The summed E-state index contributed by atoms with van der Waals surface area (Å²) in [5.74, 6) is 1.30. The number of carbonyl (C=O) groups is 2. The van der Waals surface area contributed by atoms with Crippen LogP contribution in [0, 0.1) is 11.8 Å². The first-order valence-electron chi connectivity index (χ1n) is 12.0. The number of rotatable bonds is 10. The van der Waals surface area contributed by atoms with Crippen LogP contribution in [0.25, 0.3) is 17.1 Å². The number of imidazole rings is 1. The Kier molecular flexibility index (Phi) is 8.63. The van der Waals surface area contributed by atoms with Crippen molar-refractivity contribution < 1.29 is 9.59 Å². The number of nitrogens with one attached hydrogen (secondary N) is 1. The number of hydrogen-bond donors (Lipinski definition) is 1. The molecule has 0 bridgehead atoms. The lowest BCUT2D eigenvalue weighted by Gasteiger charge is -2.27. The van der Waals surface area contributed by atoms with Crippen LogP contribution in [0.2, 0.25) is 0 Å². The minimum atomic E-state index is -0.364. The summed E-state index contributed by atoms with van der Waals surface area (Å²) in [4.78, 5) is 32.7. The Morgan fingerprint density at radius 3 is 2.21 bits per heavy atom. The van der Waals surface area contributed by atoms with Gasteiger partial charge >= 0.3 is 0 Å². The Morgan fingerprint density at radius 1 is 0.941 bits per heavy atom. The number of para-hydroxylation sites is 2. The summed E-state index contributed by atoms with van der Waals surface area (Å²) in [6.45, 7) is 12.0. The summed E-state index contributed by atoms with van der Waals surface area (Å²) < 4.78 is 1.94. The smallest absolute Gasteiger partial charge is 0.244 e. The summed E-state index contributed by atoms with van der Waals surface area (Å²) in [6, 6.07) is 17.1. The molecule has 2 amide bonds. The van der Waals surface area contributed by atoms with Crippen molar-refractivity contribution in [1.29, 1.82) is 0 Å². The highest BCUT2D eigenvalue weighted by atomic mass is 16.2. The van der Waals surface area contributed by atoms with Crippen molar-refractivity contribution >= 4 is 28.9 Å². The van der Waals surface area contributed by atoms with Gasteiger partial charge in [0.25, 0.3) is 0 Å². The maximum atomic E-state index is 13.4. The van der Waals surface area contributed by atoms with Gasteiger partial charge in [-0.25, -0.2) is 4.98 Å². The predicted octanol–water partition coefficient (Wildman–Crippen LogP) is 5.07. The van der Waals surface area contributed by atoms with Crippen LogP contribution in [0.4, 0.5) is 0 Å². The molecule has 1 N–H and O–H groups in total. The number of aromatic nitrogens is 2. The molecular weight excluding hydrogens is 424 g/mol. The molecule has 0 radical (unpaired) electrons. The van der Waals surface area contributed by atoms with E-state index >= 15 is 0 Å². The van der Waals surface area contributed by atoms with E-state index in [9.17, 15) is 9.59 Å². The van der Waals surface area contributed by atoms with E-state index in [1.807, 2.05) is 71.0 Å². The summed E-state index contributed by atoms with van der Waals surface area (Å²) in [7, 11) is 0. The van der Waals surface area contributed by atoms with E-state index < -0.39 is 0 Å². The molecule has 2 aromatic carbocycles. The maximum Gasteiger partial charge on any atom is 0.244 e. The third-order valence-corrected chi connectivity index (χ3v) is 5.47. The predicted molar refractivity (Wildman–Crippen MR) is 138 cm³/mol. The fourth-order valence-corrected chi connectivity index (χ4v) is 4.05. The van der Waals surface area contributed by atoms with E-state index in [-0.39, 0.29) is 24.4 Å². The van der Waals surface area contributed by atoms with Gasteiger partial charge in [-0.1, -0.05) is 70.2 Å². The summed E-state index contributed by atoms with van der Waals surface area (Å²) in [5.41, 5.74) is 2.66. The molecular formula is C28H36N4O2. The van der Waals surface area contributed by atoms with Crippen molar-refractivity contribution in [2.75, 3.05) is 13.1 Å². The second-order valence-electron chi connectivity index (χ2n) is 9.61. The first-order valence-corrected chi connectivity index (χ1v) is 12.0. The number of fused-ring (bicyclic) bond motifs is 1. The SMILES string of the molecule is CC(C)CN(CC(C)C)C(=O)Cn1c(C(C)NC(=O)/C=C\c2ccccc2)nc2ccccc21. The molecule has 0 aliphatic rings. The van der Waals surface area contributed by atoms with Gasteiger partial charge in [0, 0.05) is 19.2 Å². The van der Waals surface area contributed by atoms with Crippen molar-refractivity contribution in [3.8, 4) is 0 Å².